The second kappa shape index (κ2) is 5.71. The van der Waals surface area contributed by atoms with Crippen LogP contribution in [-0.2, 0) is 13.1 Å². The molecule has 84 valence electrons. The first kappa shape index (κ1) is 12.0. The van der Waals surface area contributed by atoms with Crippen molar-refractivity contribution in [3.63, 3.8) is 0 Å². The van der Waals surface area contributed by atoms with Crippen LogP contribution in [0.15, 0.2) is 18.3 Å². The lowest BCUT2D eigenvalue weighted by Crippen LogP contribution is -2.16. The zero-order chi connectivity index (χ0) is 11.3. The van der Waals surface area contributed by atoms with Gasteiger partial charge in [0.2, 0.25) is 0 Å². The summed E-state index contributed by atoms with van der Waals surface area (Å²) in [6.45, 7) is 13.0. The van der Waals surface area contributed by atoms with Crippen molar-refractivity contribution in [2.45, 2.75) is 40.3 Å². The zero-order valence-corrected chi connectivity index (χ0v) is 10.0. The van der Waals surface area contributed by atoms with Crippen molar-refractivity contribution in [2.75, 3.05) is 6.54 Å². The van der Waals surface area contributed by atoms with Crippen molar-refractivity contribution in [3.8, 4) is 0 Å². The molecule has 0 aliphatic rings. The minimum atomic E-state index is 0.896. The third-order valence-corrected chi connectivity index (χ3v) is 2.46. The van der Waals surface area contributed by atoms with Gasteiger partial charge in [-0.2, -0.15) is 0 Å². The summed E-state index contributed by atoms with van der Waals surface area (Å²) in [7, 11) is 0. The molecular formula is C12H21N3. The van der Waals surface area contributed by atoms with Crippen molar-refractivity contribution in [1.29, 1.82) is 0 Å². The molecule has 0 amide bonds. The van der Waals surface area contributed by atoms with E-state index in [1.165, 1.54) is 11.3 Å². The zero-order valence-electron chi connectivity index (χ0n) is 10.0. The second-order valence-corrected chi connectivity index (χ2v) is 3.94. The van der Waals surface area contributed by atoms with Gasteiger partial charge in [-0.3, -0.25) is 0 Å². The summed E-state index contributed by atoms with van der Waals surface area (Å²) < 4.78 is 2.26. The SMILES string of the molecule is C=C(C)CCn1c(CNCC)cnc1C. The molecule has 0 aromatic carbocycles. The minimum Gasteiger partial charge on any atom is -0.331 e. The van der Waals surface area contributed by atoms with Gasteiger partial charge in [0.05, 0.1) is 5.69 Å². The van der Waals surface area contributed by atoms with Crippen LogP contribution in [0.4, 0.5) is 0 Å². The molecule has 0 unspecified atom stereocenters. The number of imidazole rings is 1. The molecule has 0 radical (unpaired) electrons. The van der Waals surface area contributed by atoms with E-state index in [9.17, 15) is 0 Å². The maximum atomic E-state index is 4.34. The second-order valence-electron chi connectivity index (χ2n) is 3.94. The van der Waals surface area contributed by atoms with E-state index in [0.717, 1.165) is 31.9 Å². The Balaban J connectivity index is 2.66. The Morgan fingerprint density at radius 2 is 2.33 bits per heavy atom. The average molecular weight is 207 g/mol. The maximum Gasteiger partial charge on any atom is 0.105 e. The van der Waals surface area contributed by atoms with Gasteiger partial charge in [-0.1, -0.05) is 12.5 Å². The fourth-order valence-corrected chi connectivity index (χ4v) is 1.52. The summed E-state index contributed by atoms with van der Waals surface area (Å²) in [5.74, 6) is 1.09. The summed E-state index contributed by atoms with van der Waals surface area (Å²) >= 11 is 0. The van der Waals surface area contributed by atoms with Crippen LogP contribution in [0.25, 0.3) is 0 Å². The number of hydrogen-bond donors (Lipinski definition) is 1. The quantitative estimate of drug-likeness (QED) is 0.725. The van der Waals surface area contributed by atoms with E-state index < -0.39 is 0 Å². The molecule has 3 nitrogen and oxygen atoms in total. The van der Waals surface area contributed by atoms with Crippen LogP contribution in [0.5, 0.6) is 0 Å². The van der Waals surface area contributed by atoms with E-state index in [-0.39, 0.29) is 0 Å². The minimum absolute atomic E-state index is 0.896. The number of aromatic nitrogens is 2. The molecule has 3 heteroatoms. The first-order valence-electron chi connectivity index (χ1n) is 5.51. The number of rotatable bonds is 6. The first-order valence-corrected chi connectivity index (χ1v) is 5.51. The van der Waals surface area contributed by atoms with Gasteiger partial charge in [-0.25, -0.2) is 4.98 Å². The third kappa shape index (κ3) is 3.51. The molecule has 0 atom stereocenters. The van der Waals surface area contributed by atoms with Crippen LogP contribution in [0.2, 0.25) is 0 Å². The Morgan fingerprint density at radius 3 is 2.93 bits per heavy atom. The number of allylic oxidation sites excluding steroid dienone is 1. The van der Waals surface area contributed by atoms with Crippen molar-refractivity contribution in [2.24, 2.45) is 0 Å². The Hall–Kier alpha value is -1.09. The fraction of sp³-hybridized carbons (Fsp3) is 0.583. The molecule has 0 saturated heterocycles. The number of nitrogens with one attached hydrogen (secondary N) is 1. The summed E-state index contributed by atoms with van der Waals surface area (Å²) in [6, 6.07) is 0. The van der Waals surface area contributed by atoms with Gasteiger partial charge in [0.15, 0.2) is 0 Å². The highest BCUT2D eigenvalue weighted by molar-refractivity contribution is 5.05. The van der Waals surface area contributed by atoms with E-state index in [1.807, 2.05) is 13.1 Å². The smallest absolute Gasteiger partial charge is 0.105 e. The van der Waals surface area contributed by atoms with Crippen molar-refractivity contribution in [3.05, 3.63) is 29.9 Å². The predicted molar refractivity (Wildman–Crippen MR) is 63.8 cm³/mol. The largest absolute Gasteiger partial charge is 0.331 e. The Morgan fingerprint density at radius 1 is 1.60 bits per heavy atom. The van der Waals surface area contributed by atoms with Crippen LogP contribution < -0.4 is 5.32 Å². The van der Waals surface area contributed by atoms with Gasteiger partial charge in [0.25, 0.3) is 0 Å². The van der Waals surface area contributed by atoms with E-state index >= 15 is 0 Å². The van der Waals surface area contributed by atoms with Gasteiger partial charge in [0, 0.05) is 19.3 Å². The van der Waals surface area contributed by atoms with E-state index in [2.05, 4.69) is 35.3 Å². The van der Waals surface area contributed by atoms with Crippen molar-refractivity contribution < 1.29 is 0 Å². The monoisotopic (exact) mass is 207 g/mol. The Bertz CT molecular complexity index is 326. The molecule has 1 aromatic heterocycles. The van der Waals surface area contributed by atoms with Crippen LogP contribution in [0, 0.1) is 6.92 Å². The van der Waals surface area contributed by atoms with Crippen LogP contribution in [0.1, 0.15) is 31.8 Å². The van der Waals surface area contributed by atoms with Crippen molar-refractivity contribution in [1.82, 2.24) is 14.9 Å². The standard InChI is InChI=1S/C12H21N3/c1-5-13-8-12-9-14-11(4)15(12)7-6-10(2)3/h9,13H,2,5-8H2,1,3-4H3. The predicted octanol–water partition coefficient (Wildman–Crippen LogP) is 2.27. The summed E-state index contributed by atoms with van der Waals surface area (Å²) in [5.41, 5.74) is 2.48. The molecule has 15 heavy (non-hydrogen) atoms. The average Bonchev–Trinajstić information content (AvgIpc) is 2.53. The highest BCUT2D eigenvalue weighted by atomic mass is 15.1. The number of nitrogens with zero attached hydrogens (tertiary/aromatic N) is 2. The van der Waals surface area contributed by atoms with Crippen LogP contribution in [0.3, 0.4) is 0 Å². The molecule has 0 bridgehead atoms. The Labute approximate surface area is 92.2 Å². The fourth-order valence-electron chi connectivity index (χ4n) is 1.52. The van der Waals surface area contributed by atoms with Crippen LogP contribution in [-0.4, -0.2) is 16.1 Å². The molecule has 0 saturated carbocycles. The molecule has 1 aromatic rings. The molecule has 1 rings (SSSR count). The molecule has 1 heterocycles. The Kier molecular flexibility index (Phi) is 4.56. The molecule has 0 aliphatic heterocycles. The summed E-state index contributed by atoms with van der Waals surface area (Å²) in [6.07, 6.45) is 2.98. The van der Waals surface area contributed by atoms with E-state index in [0.29, 0.717) is 0 Å². The normalized spacial score (nSPS) is 10.6. The lowest BCUT2D eigenvalue weighted by Gasteiger charge is -2.10. The first-order chi connectivity index (χ1) is 7.15. The van der Waals surface area contributed by atoms with Gasteiger partial charge in [-0.05, 0) is 26.8 Å². The molecule has 1 N–H and O–H groups in total. The lowest BCUT2D eigenvalue weighted by atomic mass is 10.2. The van der Waals surface area contributed by atoms with E-state index in [1.54, 1.807) is 0 Å². The third-order valence-electron chi connectivity index (χ3n) is 2.46. The van der Waals surface area contributed by atoms with Gasteiger partial charge in [-0.15, -0.1) is 6.58 Å². The summed E-state index contributed by atoms with van der Waals surface area (Å²) in [5, 5.41) is 3.32. The van der Waals surface area contributed by atoms with E-state index in [4.69, 9.17) is 0 Å². The molecule has 0 spiro atoms. The molecular weight excluding hydrogens is 186 g/mol. The lowest BCUT2D eigenvalue weighted by molar-refractivity contribution is 0.606. The molecule has 0 aliphatic carbocycles. The van der Waals surface area contributed by atoms with Crippen molar-refractivity contribution >= 4 is 0 Å². The van der Waals surface area contributed by atoms with Crippen LogP contribution >= 0.6 is 0 Å². The molecule has 0 fully saturated rings. The number of hydrogen-bond acceptors (Lipinski definition) is 2. The highest BCUT2D eigenvalue weighted by Gasteiger charge is 2.05. The van der Waals surface area contributed by atoms with Gasteiger partial charge < -0.3 is 9.88 Å². The van der Waals surface area contributed by atoms with Gasteiger partial charge >= 0.3 is 0 Å². The maximum absolute atomic E-state index is 4.34. The van der Waals surface area contributed by atoms with Gasteiger partial charge in [0.1, 0.15) is 5.82 Å². The summed E-state index contributed by atoms with van der Waals surface area (Å²) in [4.78, 5) is 4.34. The topological polar surface area (TPSA) is 29.9 Å². The number of aryl methyl sites for hydroxylation is 1. The highest BCUT2D eigenvalue weighted by Crippen LogP contribution is 2.08.